The Hall–Kier alpha value is -1.34. The molecule has 0 radical (unpaired) electrons. The Kier molecular flexibility index (Phi) is 6.91. The first-order valence-electron chi connectivity index (χ1n) is 7.24. The number of aromatic amines is 1. The van der Waals surface area contributed by atoms with Crippen LogP contribution in [0.4, 0.5) is 0 Å². The third-order valence-corrected chi connectivity index (χ3v) is 4.64. The molecule has 0 atom stereocenters. The Morgan fingerprint density at radius 3 is 2.52 bits per heavy atom. The molecular weight excluding hydrogens is 292 g/mol. The van der Waals surface area contributed by atoms with E-state index in [1.54, 1.807) is 0 Å². The number of hydrogen-bond donors (Lipinski definition) is 3. The third kappa shape index (κ3) is 6.31. The van der Waals surface area contributed by atoms with E-state index < -0.39 is 16.0 Å². The molecule has 0 spiro atoms. The van der Waals surface area contributed by atoms with Crippen molar-refractivity contribution < 1.29 is 18.3 Å². The molecule has 1 aromatic rings. The fourth-order valence-corrected chi connectivity index (χ4v) is 3.04. The molecule has 21 heavy (non-hydrogen) atoms. The average molecular weight is 316 g/mol. The highest BCUT2D eigenvalue weighted by Crippen LogP contribution is 2.12. The number of aromatic carboxylic acids is 1. The molecule has 1 rings (SSSR count). The summed E-state index contributed by atoms with van der Waals surface area (Å²) in [5, 5.41) is 8.75. The summed E-state index contributed by atoms with van der Waals surface area (Å²) >= 11 is 0. The lowest BCUT2D eigenvalue weighted by Crippen LogP contribution is -2.24. The Bertz CT molecular complexity index is 549. The molecule has 1 heterocycles. The lowest BCUT2D eigenvalue weighted by molar-refractivity contribution is 0.0691. The zero-order valence-electron chi connectivity index (χ0n) is 12.6. The van der Waals surface area contributed by atoms with Crippen LogP contribution < -0.4 is 4.72 Å². The van der Waals surface area contributed by atoms with Gasteiger partial charge in [-0.3, -0.25) is 0 Å². The van der Waals surface area contributed by atoms with Crippen molar-refractivity contribution in [2.45, 2.75) is 50.8 Å². The number of carbonyl (C=O) groups is 1. The number of carboxylic acid groups (broad SMARTS) is 1. The fraction of sp³-hybridized carbons (Fsp3) is 0.643. The molecule has 7 heteroatoms. The molecule has 0 saturated carbocycles. The summed E-state index contributed by atoms with van der Waals surface area (Å²) < 4.78 is 26.3. The summed E-state index contributed by atoms with van der Waals surface area (Å²) in [4.78, 5) is 13.1. The number of sulfonamides is 1. The molecule has 0 saturated heterocycles. The average Bonchev–Trinajstić information content (AvgIpc) is 2.87. The van der Waals surface area contributed by atoms with Crippen LogP contribution in [-0.2, 0) is 10.0 Å². The molecule has 0 aliphatic carbocycles. The summed E-state index contributed by atoms with van der Waals surface area (Å²) in [7, 11) is -3.62. The van der Waals surface area contributed by atoms with Crippen LogP contribution >= 0.6 is 0 Å². The molecule has 0 aliphatic heterocycles. The third-order valence-electron chi connectivity index (χ3n) is 3.20. The van der Waals surface area contributed by atoms with Gasteiger partial charge in [-0.25, -0.2) is 17.9 Å². The second kappa shape index (κ2) is 8.19. The van der Waals surface area contributed by atoms with Gasteiger partial charge in [-0.15, -0.1) is 0 Å². The van der Waals surface area contributed by atoms with Gasteiger partial charge < -0.3 is 10.1 Å². The molecule has 3 N–H and O–H groups in total. The van der Waals surface area contributed by atoms with E-state index in [0.29, 0.717) is 12.5 Å². The van der Waals surface area contributed by atoms with Crippen molar-refractivity contribution in [1.82, 2.24) is 9.71 Å². The van der Waals surface area contributed by atoms with Gasteiger partial charge in [0.1, 0.15) is 10.6 Å². The summed E-state index contributed by atoms with van der Waals surface area (Å²) in [5.74, 6) is -0.470. The minimum atomic E-state index is -3.62. The Labute approximate surface area is 126 Å². The normalized spacial score (nSPS) is 12.0. The monoisotopic (exact) mass is 316 g/mol. The van der Waals surface area contributed by atoms with Crippen LogP contribution in [0.2, 0.25) is 0 Å². The van der Waals surface area contributed by atoms with Gasteiger partial charge in [-0.2, -0.15) is 0 Å². The van der Waals surface area contributed by atoms with Gasteiger partial charge in [0.2, 0.25) is 10.0 Å². The Morgan fingerprint density at radius 2 is 1.95 bits per heavy atom. The first-order chi connectivity index (χ1) is 9.83. The summed E-state index contributed by atoms with van der Waals surface area (Å²) in [5.41, 5.74) is -0.135. The lowest BCUT2D eigenvalue weighted by atomic mass is 10.0. The second-order valence-corrected chi connectivity index (χ2v) is 7.32. The zero-order valence-corrected chi connectivity index (χ0v) is 13.4. The number of hydrogen-bond acceptors (Lipinski definition) is 3. The van der Waals surface area contributed by atoms with Crippen LogP contribution in [0.1, 0.15) is 56.4 Å². The van der Waals surface area contributed by atoms with Gasteiger partial charge in [0.25, 0.3) is 0 Å². The predicted octanol–water partition coefficient (Wildman–Crippen LogP) is 2.60. The van der Waals surface area contributed by atoms with Gasteiger partial charge in [0, 0.05) is 12.7 Å². The van der Waals surface area contributed by atoms with Crippen molar-refractivity contribution in [3.05, 3.63) is 18.0 Å². The van der Waals surface area contributed by atoms with Crippen LogP contribution in [0.25, 0.3) is 0 Å². The van der Waals surface area contributed by atoms with Crippen LogP contribution in [-0.4, -0.2) is 31.0 Å². The van der Waals surface area contributed by atoms with Crippen molar-refractivity contribution in [2.24, 2.45) is 5.92 Å². The van der Waals surface area contributed by atoms with Gasteiger partial charge in [-0.1, -0.05) is 39.5 Å². The van der Waals surface area contributed by atoms with Crippen LogP contribution in [0.3, 0.4) is 0 Å². The van der Waals surface area contributed by atoms with Crippen LogP contribution in [0, 0.1) is 5.92 Å². The van der Waals surface area contributed by atoms with E-state index in [-0.39, 0.29) is 10.6 Å². The summed E-state index contributed by atoms with van der Waals surface area (Å²) in [6.07, 6.45) is 6.44. The smallest absolute Gasteiger partial charge is 0.352 e. The molecule has 0 bridgehead atoms. The predicted molar refractivity (Wildman–Crippen MR) is 80.9 cm³/mol. The van der Waals surface area contributed by atoms with E-state index in [1.165, 1.54) is 19.0 Å². The maximum absolute atomic E-state index is 11.9. The molecule has 0 amide bonds. The van der Waals surface area contributed by atoms with E-state index in [4.69, 9.17) is 5.11 Å². The molecule has 1 aromatic heterocycles. The molecule has 6 nitrogen and oxygen atoms in total. The topological polar surface area (TPSA) is 99.3 Å². The minimum absolute atomic E-state index is 0.0419. The second-order valence-electron chi connectivity index (χ2n) is 5.55. The number of H-pyrrole nitrogens is 1. The SMILES string of the molecule is CC(C)CCCCCCNS(=O)(=O)c1c[nH]c(C(=O)O)c1. The molecule has 0 unspecified atom stereocenters. The van der Waals surface area contributed by atoms with Crippen LogP contribution in [0.15, 0.2) is 17.2 Å². The number of nitrogens with one attached hydrogen (secondary N) is 2. The summed E-state index contributed by atoms with van der Waals surface area (Å²) in [6.45, 7) is 4.75. The van der Waals surface area contributed by atoms with Gasteiger partial charge in [0.05, 0.1) is 0 Å². The van der Waals surface area contributed by atoms with Crippen molar-refractivity contribution in [2.75, 3.05) is 6.54 Å². The largest absolute Gasteiger partial charge is 0.477 e. The highest BCUT2D eigenvalue weighted by Gasteiger charge is 2.17. The van der Waals surface area contributed by atoms with Gasteiger partial charge in [-0.05, 0) is 18.4 Å². The first-order valence-corrected chi connectivity index (χ1v) is 8.72. The zero-order chi connectivity index (χ0) is 15.9. The van der Waals surface area contributed by atoms with E-state index >= 15 is 0 Å². The quantitative estimate of drug-likeness (QED) is 0.578. The standard InChI is InChI=1S/C14H24N2O4S/c1-11(2)7-5-3-4-6-8-16-21(19,20)12-9-13(14(17)18)15-10-12/h9-11,15-16H,3-8H2,1-2H3,(H,17,18). The maximum Gasteiger partial charge on any atom is 0.352 e. The number of unbranched alkanes of at least 4 members (excludes halogenated alkanes) is 3. The lowest BCUT2D eigenvalue weighted by Gasteiger charge is -2.06. The minimum Gasteiger partial charge on any atom is -0.477 e. The number of carboxylic acids is 1. The fourth-order valence-electron chi connectivity index (χ4n) is 1.97. The van der Waals surface area contributed by atoms with E-state index in [1.807, 2.05) is 0 Å². The molecule has 0 aliphatic rings. The maximum atomic E-state index is 11.9. The number of rotatable bonds is 10. The number of aromatic nitrogens is 1. The molecule has 0 aromatic carbocycles. The molecular formula is C14H24N2O4S. The highest BCUT2D eigenvalue weighted by atomic mass is 32.2. The van der Waals surface area contributed by atoms with Crippen molar-refractivity contribution in [3.63, 3.8) is 0 Å². The molecule has 0 fully saturated rings. The van der Waals surface area contributed by atoms with Crippen molar-refractivity contribution in [1.29, 1.82) is 0 Å². The van der Waals surface area contributed by atoms with E-state index in [2.05, 4.69) is 23.6 Å². The Balaban J connectivity index is 2.31. The van der Waals surface area contributed by atoms with Gasteiger partial charge in [0.15, 0.2) is 0 Å². The Morgan fingerprint density at radius 1 is 1.29 bits per heavy atom. The highest BCUT2D eigenvalue weighted by molar-refractivity contribution is 7.89. The van der Waals surface area contributed by atoms with Crippen molar-refractivity contribution >= 4 is 16.0 Å². The van der Waals surface area contributed by atoms with E-state index in [9.17, 15) is 13.2 Å². The molecule has 120 valence electrons. The summed E-state index contributed by atoms with van der Waals surface area (Å²) in [6, 6.07) is 1.12. The first kappa shape index (κ1) is 17.7. The van der Waals surface area contributed by atoms with Gasteiger partial charge >= 0.3 is 5.97 Å². The van der Waals surface area contributed by atoms with Crippen molar-refractivity contribution in [3.8, 4) is 0 Å². The van der Waals surface area contributed by atoms with Crippen LogP contribution in [0.5, 0.6) is 0 Å². The van der Waals surface area contributed by atoms with E-state index in [0.717, 1.165) is 25.3 Å².